The fraction of sp³-hybridized carbons (Fsp3) is 0.533. The molecule has 1 aliphatic carbocycles. The zero-order valence-corrected chi connectivity index (χ0v) is 11.8. The van der Waals surface area contributed by atoms with E-state index in [1.165, 1.54) is 0 Å². The molecule has 0 bridgehead atoms. The van der Waals surface area contributed by atoms with E-state index in [1.807, 2.05) is 45.0 Å². The molecule has 19 heavy (non-hydrogen) atoms. The summed E-state index contributed by atoms with van der Waals surface area (Å²) in [7, 11) is 0. The number of benzene rings is 1. The maximum atomic E-state index is 11.8. The van der Waals surface area contributed by atoms with Gasteiger partial charge in [-0.05, 0) is 57.2 Å². The highest BCUT2D eigenvalue weighted by Crippen LogP contribution is 2.48. The molecule has 1 saturated carbocycles. The molecule has 0 saturated heterocycles. The van der Waals surface area contributed by atoms with Crippen LogP contribution in [0.1, 0.15) is 38.7 Å². The van der Waals surface area contributed by atoms with E-state index in [1.54, 1.807) is 0 Å². The lowest BCUT2D eigenvalue weighted by Crippen LogP contribution is -2.27. The average Bonchev–Trinajstić information content (AvgIpc) is 3.06. The first kappa shape index (κ1) is 13.9. The van der Waals surface area contributed by atoms with Crippen LogP contribution in [-0.2, 0) is 4.74 Å². The Morgan fingerprint density at radius 3 is 2.68 bits per heavy atom. The first-order valence-corrected chi connectivity index (χ1v) is 6.69. The SMILES string of the molecule is CC(C)(C)OC(=O)Nc1ccccc1C1CC1CN. The monoisotopic (exact) mass is 262 g/mol. The summed E-state index contributed by atoms with van der Waals surface area (Å²) in [6, 6.07) is 7.86. The van der Waals surface area contributed by atoms with Gasteiger partial charge in [-0.2, -0.15) is 0 Å². The Balaban J connectivity index is 2.06. The van der Waals surface area contributed by atoms with Crippen LogP contribution in [0.3, 0.4) is 0 Å². The van der Waals surface area contributed by atoms with Crippen molar-refractivity contribution >= 4 is 11.8 Å². The Morgan fingerprint density at radius 2 is 2.11 bits per heavy atom. The summed E-state index contributed by atoms with van der Waals surface area (Å²) in [5.41, 5.74) is 7.18. The zero-order valence-electron chi connectivity index (χ0n) is 11.8. The van der Waals surface area contributed by atoms with E-state index in [2.05, 4.69) is 5.32 Å². The van der Waals surface area contributed by atoms with Crippen LogP contribution in [0.4, 0.5) is 10.5 Å². The highest BCUT2D eigenvalue weighted by atomic mass is 16.6. The molecule has 104 valence electrons. The van der Waals surface area contributed by atoms with Crippen molar-refractivity contribution in [3.8, 4) is 0 Å². The van der Waals surface area contributed by atoms with Crippen molar-refractivity contribution in [3.63, 3.8) is 0 Å². The van der Waals surface area contributed by atoms with Crippen molar-refractivity contribution in [1.29, 1.82) is 0 Å². The Hall–Kier alpha value is -1.55. The number of carbonyl (C=O) groups is 1. The van der Waals surface area contributed by atoms with Gasteiger partial charge < -0.3 is 10.5 Å². The molecule has 3 N–H and O–H groups in total. The largest absolute Gasteiger partial charge is 0.444 e. The molecule has 1 amide bonds. The molecular formula is C15H22N2O2. The Morgan fingerprint density at radius 1 is 1.42 bits per heavy atom. The molecule has 1 aromatic rings. The Bertz CT molecular complexity index is 465. The number of para-hydroxylation sites is 1. The zero-order chi connectivity index (χ0) is 14.0. The number of anilines is 1. The number of ether oxygens (including phenoxy) is 1. The number of carbonyl (C=O) groups excluding carboxylic acids is 1. The van der Waals surface area contributed by atoms with Crippen molar-refractivity contribution in [2.45, 2.75) is 38.7 Å². The van der Waals surface area contributed by atoms with Gasteiger partial charge in [0.05, 0.1) is 0 Å². The molecule has 1 aromatic carbocycles. The van der Waals surface area contributed by atoms with Crippen molar-refractivity contribution in [1.82, 2.24) is 0 Å². The van der Waals surface area contributed by atoms with Gasteiger partial charge in [0, 0.05) is 5.69 Å². The lowest BCUT2D eigenvalue weighted by atomic mass is 10.1. The minimum absolute atomic E-state index is 0.412. The molecule has 0 heterocycles. The lowest BCUT2D eigenvalue weighted by molar-refractivity contribution is 0.0636. The van der Waals surface area contributed by atoms with Gasteiger partial charge in [0.25, 0.3) is 0 Å². The predicted molar refractivity (Wildman–Crippen MR) is 76.2 cm³/mol. The molecule has 0 radical (unpaired) electrons. The smallest absolute Gasteiger partial charge is 0.412 e. The van der Waals surface area contributed by atoms with Crippen molar-refractivity contribution in [2.75, 3.05) is 11.9 Å². The van der Waals surface area contributed by atoms with Gasteiger partial charge >= 0.3 is 6.09 Å². The topological polar surface area (TPSA) is 64.3 Å². The first-order valence-electron chi connectivity index (χ1n) is 6.69. The summed E-state index contributed by atoms with van der Waals surface area (Å²) >= 11 is 0. The van der Waals surface area contributed by atoms with Crippen LogP contribution in [0.2, 0.25) is 0 Å². The maximum absolute atomic E-state index is 11.8. The summed E-state index contributed by atoms with van der Waals surface area (Å²) in [5.74, 6) is 1.01. The van der Waals surface area contributed by atoms with Gasteiger partial charge in [-0.15, -0.1) is 0 Å². The average molecular weight is 262 g/mol. The van der Waals surface area contributed by atoms with Gasteiger partial charge in [0.2, 0.25) is 0 Å². The molecule has 1 aliphatic rings. The quantitative estimate of drug-likeness (QED) is 0.879. The predicted octanol–water partition coefficient (Wildman–Crippen LogP) is 3.10. The van der Waals surface area contributed by atoms with E-state index >= 15 is 0 Å². The van der Waals surface area contributed by atoms with Crippen molar-refractivity contribution in [3.05, 3.63) is 29.8 Å². The first-order chi connectivity index (χ1) is 8.90. The van der Waals surface area contributed by atoms with Crippen LogP contribution in [-0.4, -0.2) is 18.2 Å². The number of amides is 1. The van der Waals surface area contributed by atoms with Gasteiger partial charge in [-0.1, -0.05) is 18.2 Å². The van der Waals surface area contributed by atoms with E-state index in [9.17, 15) is 4.79 Å². The fourth-order valence-corrected chi connectivity index (χ4v) is 2.24. The summed E-state index contributed by atoms with van der Waals surface area (Å²) in [6.07, 6.45) is 0.689. The molecule has 2 unspecified atom stereocenters. The van der Waals surface area contributed by atoms with E-state index in [0.717, 1.165) is 17.7 Å². The minimum atomic E-state index is -0.488. The molecule has 2 rings (SSSR count). The van der Waals surface area contributed by atoms with Gasteiger partial charge in [-0.3, -0.25) is 5.32 Å². The second kappa shape index (κ2) is 5.21. The van der Waals surface area contributed by atoms with E-state index in [4.69, 9.17) is 10.5 Å². The molecular weight excluding hydrogens is 240 g/mol. The van der Waals surface area contributed by atoms with Gasteiger partial charge in [0.15, 0.2) is 0 Å². The molecule has 4 heteroatoms. The Kier molecular flexibility index (Phi) is 3.80. The number of hydrogen-bond acceptors (Lipinski definition) is 3. The minimum Gasteiger partial charge on any atom is -0.444 e. The highest BCUT2D eigenvalue weighted by Gasteiger charge is 2.38. The highest BCUT2D eigenvalue weighted by molar-refractivity contribution is 5.86. The Labute approximate surface area is 114 Å². The summed E-state index contributed by atoms with van der Waals surface area (Å²) in [5, 5.41) is 2.83. The second-order valence-corrected chi connectivity index (χ2v) is 6.05. The van der Waals surface area contributed by atoms with Crippen LogP contribution >= 0.6 is 0 Å². The third-order valence-corrected chi connectivity index (χ3v) is 3.22. The van der Waals surface area contributed by atoms with Crippen LogP contribution in [0, 0.1) is 5.92 Å². The lowest BCUT2D eigenvalue weighted by Gasteiger charge is -2.20. The van der Waals surface area contributed by atoms with E-state index in [-0.39, 0.29) is 0 Å². The van der Waals surface area contributed by atoms with Crippen LogP contribution < -0.4 is 11.1 Å². The standard InChI is InChI=1S/C15H22N2O2/c1-15(2,3)19-14(18)17-13-7-5-4-6-11(13)12-8-10(12)9-16/h4-7,10,12H,8-9,16H2,1-3H3,(H,17,18). The van der Waals surface area contributed by atoms with Gasteiger partial charge in [0.1, 0.15) is 5.60 Å². The fourth-order valence-electron chi connectivity index (χ4n) is 2.24. The molecule has 4 nitrogen and oxygen atoms in total. The number of nitrogens with one attached hydrogen (secondary N) is 1. The normalized spacial score (nSPS) is 21.9. The summed E-state index contributed by atoms with van der Waals surface area (Å²) in [4.78, 5) is 11.8. The summed E-state index contributed by atoms with van der Waals surface area (Å²) in [6.45, 7) is 6.25. The number of nitrogens with two attached hydrogens (primary N) is 1. The molecule has 1 fully saturated rings. The third kappa shape index (κ3) is 3.70. The van der Waals surface area contributed by atoms with Crippen molar-refractivity contribution < 1.29 is 9.53 Å². The van der Waals surface area contributed by atoms with E-state index < -0.39 is 11.7 Å². The molecule has 2 atom stereocenters. The molecule has 0 spiro atoms. The van der Waals surface area contributed by atoms with Crippen molar-refractivity contribution in [2.24, 2.45) is 11.7 Å². The molecule has 0 aliphatic heterocycles. The molecule has 0 aromatic heterocycles. The third-order valence-electron chi connectivity index (χ3n) is 3.22. The van der Waals surface area contributed by atoms with Gasteiger partial charge in [-0.25, -0.2) is 4.79 Å². The summed E-state index contributed by atoms with van der Waals surface area (Å²) < 4.78 is 5.28. The maximum Gasteiger partial charge on any atom is 0.412 e. The second-order valence-electron chi connectivity index (χ2n) is 6.05. The van der Waals surface area contributed by atoms with Crippen LogP contribution in [0.15, 0.2) is 24.3 Å². The van der Waals surface area contributed by atoms with Crippen LogP contribution in [0.25, 0.3) is 0 Å². The van der Waals surface area contributed by atoms with E-state index in [0.29, 0.717) is 18.4 Å². The number of rotatable bonds is 3. The van der Waals surface area contributed by atoms with Crippen LogP contribution in [0.5, 0.6) is 0 Å². The number of hydrogen-bond donors (Lipinski definition) is 2.